The van der Waals surface area contributed by atoms with E-state index < -0.39 is 0 Å². The highest BCUT2D eigenvalue weighted by Gasteiger charge is 2.36. The van der Waals surface area contributed by atoms with Gasteiger partial charge in [-0.25, -0.2) is 0 Å². The van der Waals surface area contributed by atoms with E-state index in [0.717, 1.165) is 28.6 Å². The third-order valence-corrected chi connectivity index (χ3v) is 5.25. The highest BCUT2D eigenvalue weighted by molar-refractivity contribution is 9.10. The van der Waals surface area contributed by atoms with E-state index in [0.29, 0.717) is 10.8 Å². The minimum absolute atomic E-state index is 0.0196. The second kappa shape index (κ2) is 7.01. The lowest BCUT2D eigenvalue weighted by Crippen LogP contribution is -2.41. The molecule has 0 atom stereocenters. The zero-order valence-corrected chi connectivity index (χ0v) is 15.4. The zero-order valence-electron chi connectivity index (χ0n) is 13.0. The van der Waals surface area contributed by atoms with Crippen molar-refractivity contribution < 1.29 is 9.53 Å². The number of benzene rings is 1. The molecule has 0 aromatic heterocycles. The molecule has 6 heteroatoms. The first-order valence-corrected chi connectivity index (χ1v) is 9.00. The van der Waals surface area contributed by atoms with Crippen LogP contribution < -0.4 is 10.1 Å². The molecule has 4 nitrogen and oxygen atoms in total. The molecule has 23 heavy (non-hydrogen) atoms. The molecule has 1 aromatic carbocycles. The molecule has 2 aliphatic rings. The van der Waals surface area contributed by atoms with Crippen molar-refractivity contribution in [2.24, 2.45) is 0 Å². The Bertz CT molecular complexity index is 669. The van der Waals surface area contributed by atoms with Crippen LogP contribution in [0.3, 0.4) is 0 Å². The maximum Gasteiger partial charge on any atom is 0.276 e. The third kappa shape index (κ3) is 3.43. The quantitative estimate of drug-likeness (QED) is 0.624. The molecule has 1 saturated heterocycles. The topological polar surface area (TPSA) is 41.6 Å². The van der Waals surface area contributed by atoms with Crippen molar-refractivity contribution in [1.29, 1.82) is 0 Å². The van der Waals surface area contributed by atoms with Crippen molar-refractivity contribution >= 4 is 45.2 Å². The van der Waals surface area contributed by atoms with Crippen molar-refractivity contribution in [3.05, 3.63) is 33.9 Å². The second-order valence-corrected chi connectivity index (χ2v) is 7.09. The van der Waals surface area contributed by atoms with Crippen LogP contribution in [0.25, 0.3) is 6.08 Å². The van der Waals surface area contributed by atoms with E-state index in [1.807, 2.05) is 24.3 Å². The molecule has 1 aliphatic heterocycles. The van der Waals surface area contributed by atoms with Crippen molar-refractivity contribution in [2.75, 3.05) is 7.11 Å². The Morgan fingerprint density at radius 3 is 2.74 bits per heavy atom. The molecular formula is C17H19BrN2O2S. The van der Waals surface area contributed by atoms with E-state index in [2.05, 4.69) is 21.2 Å². The Morgan fingerprint density at radius 2 is 2.09 bits per heavy atom. The molecule has 1 saturated carbocycles. The van der Waals surface area contributed by atoms with Crippen LogP contribution >= 0.6 is 28.1 Å². The molecular weight excluding hydrogens is 376 g/mol. The van der Waals surface area contributed by atoms with Gasteiger partial charge in [-0.15, -0.1) is 0 Å². The molecule has 1 aliphatic carbocycles. The van der Waals surface area contributed by atoms with Gasteiger partial charge in [0.05, 0.1) is 11.6 Å². The second-order valence-electron chi connectivity index (χ2n) is 5.85. The summed E-state index contributed by atoms with van der Waals surface area (Å²) in [4.78, 5) is 14.5. The van der Waals surface area contributed by atoms with E-state index in [4.69, 9.17) is 17.0 Å². The van der Waals surface area contributed by atoms with E-state index in [1.54, 1.807) is 12.0 Å². The van der Waals surface area contributed by atoms with Gasteiger partial charge in [-0.05, 0) is 64.8 Å². The number of halogens is 1. The van der Waals surface area contributed by atoms with Gasteiger partial charge in [0.15, 0.2) is 5.11 Å². The average molecular weight is 395 g/mol. The Labute approximate surface area is 150 Å². The first-order chi connectivity index (χ1) is 11.1. The average Bonchev–Trinajstić information content (AvgIpc) is 2.82. The number of nitrogens with zero attached hydrogens (tertiary/aromatic N) is 1. The Balaban J connectivity index is 1.82. The molecule has 1 amide bonds. The number of rotatable bonds is 3. The fraction of sp³-hybridized carbons (Fsp3) is 0.412. The van der Waals surface area contributed by atoms with Gasteiger partial charge in [0.2, 0.25) is 0 Å². The van der Waals surface area contributed by atoms with E-state index in [9.17, 15) is 4.79 Å². The zero-order chi connectivity index (χ0) is 16.4. The summed E-state index contributed by atoms with van der Waals surface area (Å²) >= 11 is 8.84. The maximum atomic E-state index is 12.7. The molecule has 0 radical (unpaired) electrons. The summed E-state index contributed by atoms with van der Waals surface area (Å²) in [5.41, 5.74) is 1.46. The third-order valence-electron chi connectivity index (χ3n) is 4.34. The maximum absolute atomic E-state index is 12.7. The number of carbonyl (C=O) groups excluding carboxylic acids is 1. The van der Waals surface area contributed by atoms with Crippen molar-refractivity contribution in [1.82, 2.24) is 10.2 Å². The van der Waals surface area contributed by atoms with Crippen LogP contribution in [-0.4, -0.2) is 29.1 Å². The van der Waals surface area contributed by atoms with Gasteiger partial charge in [0, 0.05) is 6.04 Å². The summed E-state index contributed by atoms with van der Waals surface area (Å²) in [5.74, 6) is 0.742. The van der Waals surface area contributed by atoms with Gasteiger partial charge in [-0.2, -0.15) is 0 Å². The van der Waals surface area contributed by atoms with Gasteiger partial charge < -0.3 is 10.1 Å². The van der Waals surface area contributed by atoms with Crippen LogP contribution in [0.1, 0.15) is 37.7 Å². The Morgan fingerprint density at radius 1 is 1.35 bits per heavy atom. The monoisotopic (exact) mass is 394 g/mol. The first-order valence-electron chi connectivity index (χ1n) is 7.80. The van der Waals surface area contributed by atoms with E-state index in [1.165, 1.54) is 19.3 Å². The summed E-state index contributed by atoms with van der Waals surface area (Å²) in [6, 6.07) is 5.95. The number of amides is 1. The summed E-state index contributed by atoms with van der Waals surface area (Å²) in [6.07, 6.45) is 7.50. The molecule has 3 rings (SSSR count). The van der Waals surface area contributed by atoms with Crippen LogP contribution in [0.4, 0.5) is 0 Å². The number of ether oxygens (including phenoxy) is 1. The molecule has 1 heterocycles. The number of hydrogen-bond acceptors (Lipinski definition) is 3. The molecule has 0 unspecified atom stereocenters. The van der Waals surface area contributed by atoms with E-state index >= 15 is 0 Å². The van der Waals surface area contributed by atoms with Crippen molar-refractivity contribution in [2.45, 2.75) is 38.1 Å². The summed E-state index contributed by atoms with van der Waals surface area (Å²) in [7, 11) is 1.63. The normalized spacial score (nSPS) is 21.0. The predicted octanol–water partition coefficient (Wildman–Crippen LogP) is 3.85. The number of methoxy groups -OCH3 is 1. The fourth-order valence-corrected chi connectivity index (χ4v) is 4.06. The molecule has 1 N–H and O–H groups in total. The predicted molar refractivity (Wildman–Crippen MR) is 98.1 cm³/mol. The van der Waals surface area contributed by atoms with Gasteiger partial charge in [0.1, 0.15) is 11.4 Å². The lowest BCUT2D eigenvalue weighted by atomic mass is 9.94. The molecule has 0 bridgehead atoms. The molecule has 122 valence electrons. The molecule has 2 fully saturated rings. The lowest BCUT2D eigenvalue weighted by molar-refractivity contribution is -0.124. The van der Waals surface area contributed by atoms with Crippen LogP contribution in [0.2, 0.25) is 0 Å². The molecule has 1 aromatic rings. The summed E-state index contributed by atoms with van der Waals surface area (Å²) in [6.45, 7) is 0. The van der Waals surface area contributed by atoms with Gasteiger partial charge in [-0.3, -0.25) is 9.69 Å². The van der Waals surface area contributed by atoms with Gasteiger partial charge >= 0.3 is 0 Å². The highest BCUT2D eigenvalue weighted by Crippen LogP contribution is 2.29. The number of thiocarbonyl (C=S) groups is 1. The fourth-order valence-electron chi connectivity index (χ4n) is 3.16. The van der Waals surface area contributed by atoms with Gasteiger partial charge in [0.25, 0.3) is 5.91 Å². The minimum Gasteiger partial charge on any atom is -0.496 e. The SMILES string of the molecule is COc1ccc(/C=C2\NC(=S)N(C3CCCCC3)C2=O)cc1Br. The van der Waals surface area contributed by atoms with E-state index in [-0.39, 0.29) is 11.9 Å². The van der Waals surface area contributed by atoms with Crippen LogP contribution in [0.5, 0.6) is 5.75 Å². The van der Waals surface area contributed by atoms with Crippen molar-refractivity contribution in [3.63, 3.8) is 0 Å². The Kier molecular flexibility index (Phi) is 5.02. The van der Waals surface area contributed by atoms with Crippen molar-refractivity contribution in [3.8, 4) is 5.75 Å². The van der Waals surface area contributed by atoms with Gasteiger partial charge in [-0.1, -0.05) is 25.3 Å². The number of carbonyl (C=O) groups is 1. The minimum atomic E-state index is -0.0196. The smallest absolute Gasteiger partial charge is 0.276 e. The highest BCUT2D eigenvalue weighted by atomic mass is 79.9. The standard InChI is InChI=1S/C17H19BrN2O2S/c1-22-15-8-7-11(9-13(15)18)10-14-16(21)20(17(23)19-14)12-5-3-2-4-6-12/h7-10,12H,2-6H2,1H3,(H,19,23)/b14-10-. The lowest BCUT2D eigenvalue weighted by Gasteiger charge is -2.29. The largest absolute Gasteiger partial charge is 0.496 e. The Hall–Kier alpha value is -1.40. The summed E-state index contributed by atoms with van der Waals surface area (Å²) < 4.78 is 6.08. The number of hydrogen-bond donors (Lipinski definition) is 1. The number of nitrogens with one attached hydrogen (secondary N) is 1. The van der Waals surface area contributed by atoms with Crippen LogP contribution in [-0.2, 0) is 4.79 Å². The molecule has 0 spiro atoms. The van der Waals surface area contributed by atoms with Crippen LogP contribution in [0, 0.1) is 0 Å². The van der Waals surface area contributed by atoms with Crippen LogP contribution in [0.15, 0.2) is 28.4 Å². The first kappa shape index (κ1) is 16.5. The summed E-state index contributed by atoms with van der Waals surface area (Å²) in [5, 5.41) is 3.60.